The minimum atomic E-state index is -4.57. The van der Waals surface area contributed by atoms with Gasteiger partial charge in [-0.2, -0.15) is 13.2 Å². The number of rotatable bonds is 1. The van der Waals surface area contributed by atoms with Crippen LogP contribution in [0.4, 0.5) is 13.2 Å². The van der Waals surface area contributed by atoms with Crippen LogP contribution >= 0.6 is 0 Å². The molecular weight excluding hydrogens is 196 g/mol. The van der Waals surface area contributed by atoms with Gasteiger partial charge in [0.25, 0.3) is 0 Å². The van der Waals surface area contributed by atoms with Crippen molar-refractivity contribution in [1.29, 1.82) is 0 Å². The van der Waals surface area contributed by atoms with Crippen LogP contribution in [-0.4, -0.2) is 17.2 Å². The second-order valence-electron chi connectivity index (χ2n) is 2.91. The molecule has 1 rings (SSSR count). The van der Waals surface area contributed by atoms with Crippen molar-refractivity contribution in [3.05, 3.63) is 29.3 Å². The lowest BCUT2D eigenvalue weighted by atomic mass is 9.75. The molecule has 0 radical (unpaired) electrons. The average Bonchev–Trinajstić information content (AvgIpc) is 2.01. The zero-order valence-corrected chi connectivity index (χ0v) is 7.34. The van der Waals surface area contributed by atoms with Gasteiger partial charge in [-0.3, -0.25) is 0 Å². The van der Waals surface area contributed by atoms with Gasteiger partial charge in [0.05, 0.1) is 5.56 Å². The molecule has 0 aromatic heterocycles. The number of alkyl halides is 3. The number of hydrogen-bond donors (Lipinski definition) is 2. The summed E-state index contributed by atoms with van der Waals surface area (Å²) in [5, 5.41) is 17.5. The van der Waals surface area contributed by atoms with Crippen molar-refractivity contribution in [3.8, 4) is 0 Å². The van der Waals surface area contributed by atoms with Gasteiger partial charge in [-0.25, -0.2) is 0 Å². The Morgan fingerprint density at radius 3 is 2.14 bits per heavy atom. The molecule has 0 spiro atoms. The highest BCUT2D eigenvalue weighted by molar-refractivity contribution is 6.59. The van der Waals surface area contributed by atoms with E-state index < -0.39 is 24.3 Å². The summed E-state index contributed by atoms with van der Waals surface area (Å²) in [6, 6.07) is 3.66. The fourth-order valence-electron chi connectivity index (χ4n) is 1.29. The largest absolute Gasteiger partial charge is 0.489 e. The van der Waals surface area contributed by atoms with Gasteiger partial charge in [0.15, 0.2) is 0 Å². The lowest BCUT2D eigenvalue weighted by Gasteiger charge is -2.14. The van der Waals surface area contributed by atoms with E-state index in [0.717, 1.165) is 6.07 Å². The van der Waals surface area contributed by atoms with Gasteiger partial charge < -0.3 is 10.0 Å². The maximum Gasteiger partial charge on any atom is 0.489 e. The summed E-state index contributed by atoms with van der Waals surface area (Å²) in [5.41, 5.74) is -1.52. The summed E-state index contributed by atoms with van der Waals surface area (Å²) in [6.45, 7) is 1.27. The Morgan fingerprint density at radius 1 is 1.21 bits per heavy atom. The normalized spacial score (nSPS) is 11.6. The number of hydrogen-bond acceptors (Lipinski definition) is 2. The first-order valence-electron chi connectivity index (χ1n) is 3.87. The van der Waals surface area contributed by atoms with E-state index in [9.17, 15) is 13.2 Å². The predicted molar refractivity (Wildman–Crippen MR) is 46.0 cm³/mol. The maximum absolute atomic E-state index is 12.4. The van der Waals surface area contributed by atoms with Crippen LogP contribution in [-0.2, 0) is 6.18 Å². The molecule has 0 atom stereocenters. The van der Waals surface area contributed by atoms with Gasteiger partial charge in [-0.1, -0.05) is 18.2 Å². The molecule has 0 amide bonds. The minimum Gasteiger partial charge on any atom is -0.423 e. The number of halogens is 3. The molecule has 0 fully saturated rings. The van der Waals surface area contributed by atoms with E-state index in [-0.39, 0.29) is 5.56 Å². The van der Waals surface area contributed by atoms with E-state index in [1.165, 1.54) is 19.1 Å². The van der Waals surface area contributed by atoms with Crippen LogP contribution in [0.5, 0.6) is 0 Å². The molecule has 0 aliphatic rings. The van der Waals surface area contributed by atoms with Crippen LogP contribution in [0.2, 0.25) is 0 Å². The Balaban J connectivity index is 3.38. The van der Waals surface area contributed by atoms with E-state index in [4.69, 9.17) is 10.0 Å². The van der Waals surface area contributed by atoms with Gasteiger partial charge in [-0.05, 0) is 17.9 Å². The van der Waals surface area contributed by atoms with Crippen molar-refractivity contribution < 1.29 is 23.2 Å². The van der Waals surface area contributed by atoms with Crippen LogP contribution in [0.15, 0.2) is 18.2 Å². The Hall–Kier alpha value is -1.01. The van der Waals surface area contributed by atoms with Crippen LogP contribution in [0.1, 0.15) is 11.1 Å². The van der Waals surface area contributed by atoms with E-state index in [1.807, 2.05) is 0 Å². The van der Waals surface area contributed by atoms with Crippen molar-refractivity contribution >= 4 is 12.6 Å². The summed E-state index contributed by atoms with van der Waals surface area (Å²) < 4.78 is 37.3. The van der Waals surface area contributed by atoms with Crippen LogP contribution in [0.3, 0.4) is 0 Å². The Bertz CT molecular complexity index is 336. The Labute approximate surface area is 79.1 Å². The van der Waals surface area contributed by atoms with Gasteiger partial charge in [0.2, 0.25) is 0 Å². The molecule has 2 N–H and O–H groups in total. The molecular formula is C8H8BF3O2. The smallest absolute Gasteiger partial charge is 0.423 e. The first-order valence-corrected chi connectivity index (χ1v) is 3.87. The molecule has 0 saturated carbocycles. The van der Waals surface area contributed by atoms with E-state index in [0.29, 0.717) is 0 Å². The second kappa shape index (κ2) is 3.63. The summed E-state index contributed by atoms with van der Waals surface area (Å²) in [7, 11) is -2.11. The van der Waals surface area contributed by atoms with Gasteiger partial charge in [0, 0.05) is 0 Å². The SMILES string of the molecule is Cc1cccc(B(O)O)c1C(F)(F)F. The van der Waals surface area contributed by atoms with Crippen LogP contribution in [0, 0.1) is 6.92 Å². The first kappa shape index (κ1) is 11.1. The molecule has 0 saturated heterocycles. The molecule has 0 unspecified atom stereocenters. The molecule has 0 aliphatic heterocycles. The number of aryl methyl sites for hydroxylation is 1. The fraction of sp³-hybridized carbons (Fsp3) is 0.250. The third-order valence-electron chi connectivity index (χ3n) is 1.87. The monoisotopic (exact) mass is 204 g/mol. The lowest BCUT2D eigenvalue weighted by Crippen LogP contribution is -2.36. The van der Waals surface area contributed by atoms with Crippen molar-refractivity contribution in [1.82, 2.24) is 0 Å². The molecule has 1 aromatic rings. The second-order valence-corrected chi connectivity index (χ2v) is 2.91. The average molecular weight is 204 g/mol. The molecule has 0 bridgehead atoms. The highest BCUT2D eigenvalue weighted by Crippen LogP contribution is 2.30. The van der Waals surface area contributed by atoms with E-state index in [2.05, 4.69) is 0 Å². The number of benzene rings is 1. The van der Waals surface area contributed by atoms with Crippen molar-refractivity contribution in [3.63, 3.8) is 0 Å². The van der Waals surface area contributed by atoms with E-state index in [1.54, 1.807) is 0 Å². The molecule has 14 heavy (non-hydrogen) atoms. The Morgan fingerprint density at radius 2 is 1.79 bits per heavy atom. The third-order valence-corrected chi connectivity index (χ3v) is 1.87. The van der Waals surface area contributed by atoms with E-state index >= 15 is 0 Å². The summed E-state index contributed by atoms with van der Waals surface area (Å²) in [4.78, 5) is 0. The zero-order valence-electron chi connectivity index (χ0n) is 7.34. The lowest BCUT2D eigenvalue weighted by molar-refractivity contribution is -0.137. The minimum absolute atomic E-state index is 0.0249. The molecule has 2 nitrogen and oxygen atoms in total. The van der Waals surface area contributed by atoms with Gasteiger partial charge in [-0.15, -0.1) is 0 Å². The Kier molecular flexibility index (Phi) is 2.87. The maximum atomic E-state index is 12.4. The van der Waals surface area contributed by atoms with Crippen LogP contribution < -0.4 is 5.46 Å². The topological polar surface area (TPSA) is 40.5 Å². The van der Waals surface area contributed by atoms with Gasteiger partial charge >= 0.3 is 13.3 Å². The van der Waals surface area contributed by atoms with Crippen molar-refractivity contribution in [2.45, 2.75) is 13.1 Å². The summed E-state index contributed by atoms with van der Waals surface area (Å²) >= 11 is 0. The standard InChI is InChI=1S/C8H8BF3O2/c1-5-3-2-4-6(9(13)14)7(5)8(10,11)12/h2-4,13-14H,1H3. The van der Waals surface area contributed by atoms with Gasteiger partial charge in [0.1, 0.15) is 0 Å². The molecule has 0 aliphatic carbocycles. The van der Waals surface area contributed by atoms with Crippen molar-refractivity contribution in [2.75, 3.05) is 0 Å². The quantitative estimate of drug-likeness (QED) is 0.660. The fourth-order valence-corrected chi connectivity index (χ4v) is 1.29. The predicted octanol–water partition coefficient (Wildman–Crippen LogP) is 0.694. The molecule has 6 heteroatoms. The highest BCUT2D eigenvalue weighted by atomic mass is 19.4. The summed E-state index contributed by atoms with van der Waals surface area (Å²) in [5.74, 6) is 0. The third kappa shape index (κ3) is 2.08. The first-order chi connectivity index (χ1) is 6.34. The molecule has 0 heterocycles. The van der Waals surface area contributed by atoms with Crippen LogP contribution in [0.25, 0.3) is 0 Å². The van der Waals surface area contributed by atoms with Crippen molar-refractivity contribution in [2.24, 2.45) is 0 Å². The molecule has 1 aromatic carbocycles. The zero-order chi connectivity index (χ0) is 10.9. The summed E-state index contributed by atoms with van der Waals surface area (Å²) in [6.07, 6.45) is -4.57. The molecule has 76 valence electrons. The highest BCUT2D eigenvalue weighted by Gasteiger charge is 2.37.